The van der Waals surface area contributed by atoms with Crippen molar-refractivity contribution in [3.63, 3.8) is 0 Å². The maximum atomic E-state index is 8.87. The van der Waals surface area contributed by atoms with Crippen LogP contribution in [0.25, 0.3) is 0 Å². The van der Waals surface area contributed by atoms with E-state index in [9.17, 15) is 0 Å². The molecule has 1 saturated carbocycles. The number of nitriles is 1. The van der Waals surface area contributed by atoms with Crippen molar-refractivity contribution in [1.29, 1.82) is 5.26 Å². The van der Waals surface area contributed by atoms with Gasteiger partial charge in [0.1, 0.15) is 16.6 Å². The second kappa shape index (κ2) is 3.38. The molecule has 1 aliphatic carbocycles. The van der Waals surface area contributed by atoms with Crippen LogP contribution in [0.3, 0.4) is 0 Å². The summed E-state index contributed by atoms with van der Waals surface area (Å²) >= 11 is 1.26. The fourth-order valence-electron chi connectivity index (χ4n) is 1.67. The molecule has 1 fully saturated rings. The number of nitrogens with one attached hydrogen (secondary N) is 1. The summed E-state index contributed by atoms with van der Waals surface area (Å²) in [5.41, 5.74) is 6.50. The first kappa shape index (κ1) is 10.2. The molecule has 0 aromatic carbocycles. The van der Waals surface area contributed by atoms with Crippen molar-refractivity contribution in [2.75, 3.05) is 17.6 Å². The molecular formula is C10H14N4S. The van der Waals surface area contributed by atoms with Crippen molar-refractivity contribution >= 4 is 22.4 Å². The molecule has 80 valence electrons. The van der Waals surface area contributed by atoms with E-state index in [0.717, 1.165) is 11.5 Å². The average molecular weight is 222 g/mol. The second-order valence-electron chi connectivity index (χ2n) is 4.65. The third-order valence-electron chi connectivity index (χ3n) is 3.06. The molecular weight excluding hydrogens is 208 g/mol. The van der Waals surface area contributed by atoms with Crippen molar-refractivity contribution in [2.45, 2.75) is 20.3 Å². The van der Waals surface area contributed by atoms with Gasteiger partial charge in [-0.25, -0.2) is 0 Å². The van der Waals surface area contributed by atoms with Crippen LogP contribution < -0.4 is 11.1 Å². The van der Waals surface area contributed by atoms with Gasteiger partial charge in [0.2, 0.25) is 0 Å². The number of nitrogen functional groups attached to an aromatic ring is 1. The standard InChI is InChI=1S/C10H14N4S/c1-10(2)3-6(10)5-13-9-7(4-11)8(12)14-15-9/h6,13H,3,5H2,1-2H3,(H2,12,14). The highest BCUT2D eigenvalue weighted by atomic mass is 32.1. The number of rotatable bonds is 3. The van der Waals surface area contributed by atoms with E-state index in [1.807, 2.05) is 0 Å². The van der Waals surface area contributed by atoms with Crippen molar-refractivity contribution in [3.05, 3.63) is 5.56 Å². The molecule has 1 atom stereocenters. The maximum absolute atomic E-state index is 8.87. The van der Waals surface area contributed by atoms with Crippen molar-refractivity contribution < 1.29 is 0 Å². The van der Waals surface area contributed by atoms with Gasteiger partial charge in [-0.05, 0) is 29.3 Å². The van der Waals surface area contributed by atoms with Crippen molar-refractivity contribution in [2.24, 2.45) is 11.3 Å². The average Bonchev–Trinajstić information content (AvgIpc) is 2.63. The topological polar surface area (TPSA) is 74.7 Å². The molecule has 0 spiro atoms. The van der Waals surface area contributed by atoms with Crippen LogP contribution in [0.5, 0.6) is 0 Å². The zero-order valence-corrected chi connectivity index (χ0v) is 9.69. The minimum absolute atomic E-state index is 0.333. The molecule has 0 saturated heterocycles. The largest absolute Gasteiger partial charge is 0.382 e. The summed E-state index contributed by atoms with van der Waals surface area (Å²) in [7, 11) is 0. The SMILES string of the molecule is CC1(C)CC1CNc1snc(N)c1C#N. The zero-order chi connectivity index (χ0) is 11.1. The van der Waals surface area contributed by atoms with Gasteiger partial charge in [0.25, 0.3) is 0 Å². The van der Waals surface area contributed by atoms with Crippen molar-refractivity contribution in [3.8, 4) is 6.07 Å². The first-order chi connectivity index (χ1) is 7.04. The number of anilines is 2. The van der Waals surface area contributed by atoms with Crippen LogP contribution in [-0.2, 0) is 0 Å². The number of nitrogens with two attached hydrogens (primary N) is 1. The van der Waals surface area contributed by atoms with E-state index in [4.69, 9.17) is 11.0 Å². The lowest BCUT2D eigenvalue weighted by molar-refractivity contribution is 0.573. The lowest BCUT2D eigenvalue weighted by atomic mass is 10.1. The normalized spacial score (nSPS) is 22.1. The molecule has 0 amide bonds. The Morgan fingerprint density at radius 3 is 2.93 bits per heavy atom. The van der Waals surface area contributed by atoms with Gasteiger partial charge in [-0.1, -0.05) is 13.8 Å². The Morgan fingerprint density at radius 2 is 2.40 bits per heavy atom. The highest BCUT2D eigenvalue weighted by molar-refractivity contribution is 7.10. The first-order valence-electron chi connectivity index (χ1n) is 4.93. The summed E-state index contributed by atoms with van der Waals surface area (Å²) in [6, 6.07) is 2.07. The Kier molecular flexibility index (Phi) is 2.31. The molecule has 15 heavy (non-hydrogen) atoms. The number of aromatic nitrogens is 1. The van der Waals surface area contributed by atoms with Gasteiger partial charge in [-0.2, -0.15) is 9.64 Å². The lowest BCUT2D eigenvalue weighted by Gasteiger charge is -2.04. The Morgan fingerprint density at radius 1 is 1.73 bits per heavy atom. The van der Waals surface area contributed by atoms with E-state index in [1.165, 1.54) is 18.0 Å². The fourth-order valence-corrected chi connectivity index (χ4v) is 2.34. The van der Waals surface area contributed by atoms with E-state index < -0.39 is 0 Å². The van der Waals surface area contributed by atoms with Gasteiger partial charge >= 0.3 is 0 Å². The molecule has 0 aliphatic heterocycles. The van der Waals surface area contributed by atoms with Crippen LogP contribution in [0.15, 0.2) is 0 Å². The smallest absolute Gasteiger partial charge is 0.157 e. The molecule has 4 nitrogen and oxygen atoms in total. The monoisotopic (exact) mass is 222 g/mol. The molecule has 1 aliphatic rings. The van der Waals surface area contributed by atoms with Crippen LogP contribution >= 0.6 is 11.5 Å². The van der Waals surface area contributed by atoms with Crippen LogP contribution in [0.1, 0.15) is 25.8 Å². The molecule has 2 rings (SSSR count). The molecule has 1 heterocycles. The summed E-state index contributed by atoms with van der Waals surface area (Å²) in [5, 5.41) is 12.9. The summed E-state index contributed by atoms with van der Waals surface area (Å²) in [4.78, 5) is 0. The Bertz CT molecular complexity index is 416. The predicted octanol–water partition coefficient (Wildman–Crippen LogP) is 2.05. The van der Waals surface area contributed by atoms with Gasteiger partial charge in [0.05, 0.1) is 0 Å². The van der Waals surface area contributed by atoms with E-state index in [1.54, 1.807) is 0 Å². The van der Waals surface area contributed by atoms with Crippen LogP contribution in [-0.4, -0.2) is 10.9 Å². The summed E-state index contributed by atoms with van der Waals surface area (Å²) in [6.45, 7) is 5.42. The Balaban J connectivity index is 1.98. The van der Waals surface area contributed by atoms with Crippen LogP contribution in [0.2, 0.25) is 0 Å². The van der Waals surface area contributed by atoms with E-state index >= 15 is 0 Å². The first-order valence-corrected chi connectivity index (χ1v) is 5.71. The van der Waals surface area contributed by atoms with Gasteiger partial charge in [0.15, 0.2) is 5.82 Å². The Hall–Kier alpha value is -1.28. The zero-order valence-electron chi connectivity index (χ0n) is 8.87. The summed E-state index contributed by atoms with van der Waals surface area (Å²) in [6.07, 6.45) is 1.25. The maximum Gasteiger partial charge on any atom is 0.157 e. The lowest BCUT2D eigenvalue weighted by Crippen LogP contribution is -2.07. The number of hydrogen-bond acceptors (Lipinski definition) is 5. The van der Waals surface area contributed by atoms with Crippen LogP contribution in [0.4, 0.5) is 10.8 Å². The van der Waals surface area contributed by atoms with E-state index in [2.05, 4.69) is 29.6 Å². The predicted molar refractivity (Wildman–Crippen MR) is 61.6 cm³/mol. The van der Waals surface area contributed by atoms with Gasteiger partial charge in [-0.15, -0.1) is 0 Å². The second-order valence-corrected chi connectivity index (χ2v) is 5.43. The van der Waals surface area contributed by atoms with Gasteiger partial charge in [0, 0.05) is 6.54 Å². The third kappa shape index (κ3) is 1.90. The highest BCUT2D eigenvalue weighted by Gasteiger charge is 2.45. The summed E-state index contributed by atoms with van der Waals surface area (Å²) in [5.74, 6) is 1.03. The van der Waals surface area contributed by atoms with E-state index in [0.29, 0.717) is 22.7 Å². The minimum atomic E-state index is 0.333. The highest BCUT2D eigenvalue weighted by Crippen LogP contribution is 2.51. The molecule has 3 N–H and O–H groups in total. The number of nitrogens with zero attached hydrogens (tertiary/aromatic N) is 2. The fraction of sp³-hybridized carbons (Fsp3) is 0.600. The molecule has 0 bridgehead atoms. The molecule has 0 radical (unpaired) electrons. The Labute approximate surface area is 93.3 Å². The number of hydrogen-bond donors (Lipinski definition) is 2. The molecule has 1 aromatic heterocycles. The van der Waals surface area contributed by atoms with Gasteiger partial charge < -0.3 is 11.1 Å². The quantitative estimate of drug-likeness (QED) is 0.820. The van der Waals surface area contributed by atoms with Crippen LogP contribution in [0, 0.1) is 22.7 Å². The molecule has 5 heteroatoms. The van der Waals surface area contributed by atoms with E-state index in [-0.39, 0.29) is 0 Å². The minimum Gasteiger partial charge on any atom is -0.382 e. The molecule has 1 unspecified atom stereocenters. The van der Waals surface area contributed by atoms with Gasteiger partial charge in [-0.3, -0.25) is 0 Å². The third-order valence-corrected chi connectivity index (χ3v) is 3.88. The van der Waals surface area contributed by atoms with Crippen molar-refractivity contribution in [1.82, 2.24) is 4.37 Å². The summed E-state index contributed by atoms with van der Waals surface area (Å²) < 4.78 is 3.96. The molecule has 1 aromatic rings.